The van der Waals surface area contributed by atoms with Crippen LogP contribution in [0, 0.1) is 5.82 Å². The molecule has 27 heavy (non-hydrogen) atoms. The van der Waals surface area contributed by atoms with E-state index in [9.17, 15) is 9.18 Å². The van der Waals surface area contributed by atoms with Crippen LogP contribution in [0.4, 0.5) is 4.39 Å². The largest absolute Gasteiger partial charge is 0.335 e. The summed E-state index contributed by atoms with van der Waals surface area (Å²) in [6.07, 6.45) is 4.51. The molecule has 2 aromatic heterocycles. The second-order valence-electron chi connectivity index (χ2n) is 6.60. The molecule has 4 nitrogen and oxygen atoms in total. The summed E-state index contributed by atoms with van der Waals surface area (Å²) < 4.78 is 14.0. The highest BCUT2D eigenvalue weighted by molar-refractivity contribution is 8.00. The van der Waals surface area contributed by atoms with Gasteiger partial charge in [-0.2, -0.15) is 0 Å². The van der Waals surface area contributed by atoms with E-state index in [-0.39, 0.29) is 17.8 Å². The summed E-state index contributed by atoms with van der Waals surface area (Å²) in [6, 6.07) is 9.02. The lowest BCUT2D eigenvalue weighted by molar-refractivity contribution is -0.129. The minimum absolute atomic E-state index is 0.0310. The number of hydrogen-bond donors (Lipinski definition) is 0. The van der Waals surface area contributed by atoms with Crippen molar-refractivity contribution in [2.24, 2.45) is 0 Å². The van der Waals surface area contributed by atoms with Crippen molar-refractivity contribution in [1.29, 1.82) is 0 Å². The Morgan fingerprint density at radius 3 is 2.89 bits per heavy atom. The quantitative estimate of drug-likeness (QED) is 0.426. The van der Waals surface area contributed by atoms with E-state index in [1.54, 1.807) is 29.8 Å². The molecule has 0 spiro atoms. The minimum atomic E-state index is -0.258. The topological polar surface area (TPSA) is 46.1 Å². The fourth-order valence-electron chi connectivity index (χ4n) is 3.00. The van der Waals surface area contributed by atoms with Crippen LogP contribution in [0.2, 0.25) is 0 Å². The molecule has 3 aromatic rings. The normalized spacial score (nSPS) is 13.9. The van der Waals surface area contributed by atoms with Crippen LogP contribution in [0.15, 0.2) is 41.7 Å². The molecule has 0 radical (unpaired) electrons. The van der Waals surface area contributed by atoms with Gasteiger partial charge in [0.1, 0.15) is 22.0 Å². The standard InChI is InChI=1S/C20H20FN3OS2/c1-2-15-9-16-19(22-12-23-20(16)27-15)26-11-18(25)24(14-7-8-14)10-13-5-3-4-6-17(13)21/h3-6,9,12,14H,2,7-8,10-11H2,1H3. The molecule has 1 aliphatic carbocycles. The molecular formula is C20H20FN3OS2. The molecule has 4 rings (SSSR count). The molecule has 1 fully saturated rings. The average molecular weight is 402 g/mol. The number of carbonyl (C=O) groups is 1. The Morgan fingerprint density at radius 2 is 2.15 bits per heavy atom. The lowest BCUT2D eigenvalue weighted by atomic mass is 10.2. The number of aromatic nitrogens is 2. The minimum Gasteiger partial charge on any atom is -0.335 e. The third-order valence-electron chi connectivity index (χ3n) is 4.63. The first kappa shape index (κ1) is 18.4. The predicted octanol–water partition coefficient (Wildman–Crippen LogP) is 4.68. The first-order valence-electron chi connectivity index (χ1n) is 9.04. The maximum atomic E-state index is 14.0. The number of hydrogen-bond acceptors (Lipinski definition) is 5. The average Bonchev–Trinajstić information content (AvgIpc) is 3.43. The molecule has 0 aliphatic heterocycles. The summed E-state index contributed by atoms with van der Waals surface area (Å²) in [5.41, 5.74) is 0.567. The Balaban J connectivity index is 1.48. The van der Waals surface area contributed by atoms with Crippen LogP contribution in [-0.4, -0.2) is 32.6 Å². The second kappa shape index (κ2) is 7.94. The summed E-state index contributed by atoms with van der Waals surface area (Å²) in [5.74, 6) is 0.0731. The van der Waals surface area contributed by atoms with E-state index >= 15 is 0 Å². The number of carbonyl (C=O) groups excluding carboxylic acids is 1. The maximum Gasteiger partial charge on any atom is 0.233 e. The van der Waals surface area contributed by atoms with E-state index in [0.717, 1.165) is 34.5 Å². The maximum absolute atomic E-state index is 14.0. The van der Waals surface area contributed by atoms with Crippen molar-refractivity contribution in [3.8, 4) is 0 Å². The highest BCUT2D eigenvalue weighted by atomic mass is 32.2. The van der Waals surface area contributed by atoms with E-state index in [2.05, 4.69) is 23.0 Å². The van der Waals surface area contributed by atoms with Gasteiger partial charge >= 0.3 is 0 Å². The number of fused-ring (bicyclic) bond motifs is 1. The number of halogens is 1. The fourth-order valence-corrected chi connectivity index (χ4v) is 4.86. The molecule has 0 N–H and O–H groups in total. The van der Waals surface area contributed by atoms with Crippen LogP contribution in [0.5, 0.6) is 0 Å². The first-order valence-corrected chi connectivity index (χ1v) is 10.8. The van der Waals surface area contributed by atoms with Crippen molar-refractivity contribution in [2.75, 3.05) is 5.75 Å². The Bertz CT molecular complexity index is 971. The molecule has 0 unspecified atom stereocenters. The van der Waals surface area contributed by atoms with Gasteiger partial charge < -0.3 is 4.90 Å². The first-order chi connectivity index (χ1) is 13.2. The second-order valence-corrected chi connectivity index (χ2v) is 8.68. The molecule has 1 aliphatic rings. The summed E-state index contributed by atoms with van der Waals surface area (Å²) in [7, 11) is 0. The van der Waals surface area contributed by atoms with Gasteiger partial charge in [0.2, 0.25) is 5.91 Å². The molecule has 1 saturated carbocycles. The fraction of sp³-hybridized carbons (Fsp3) is 0.350. The molecule has 2 heterocycles. The lowest BCUT2D eigenvalue weighted by Crippen LogP contribution is -2.34. The molecule has 1 amide bonds. The van der Waals surface area contributed by atoms with Crippen molar-refractivity contribution in [3.63, 3.8) is 0 Å². The molecule has 0 saturated heterocycles. The van der Waals surface area contributed by atoms with E-state index < -0.39 is 0 Å². The summed E-state index contributed by atoms with van der Waals surface area (Å²) in [5, 5.41) is 1.86. The van der Waals surface area contributed by atoms with Gasteiger partial charge in [-0.05, 0) is 31.4 Å². The zero-order chi connectivity index (χ0) is 18.8. The number of amides is 1. The summed E-state index contributed by atoms with van der Waals surface area (Å²) >= 11 is 3.11. The van der Waals surface area contributed by atoms with Crippen LogP contribution >= 0.6 is 23.1 Å². The van der Waals surface area contributed by atoms with Gasteiger partial charge in [0.25, 0.3) is 0 Å². The van der Waals surface area contributed by atoms with Crippen molar-refractivity contribution < 1.29 is 9.18 Å². The van der Waals surface area contributed by atoms with Gasteiger partial charge in [-0.15, -0.1) is 11.3 Å². The van der Waals surface area contributed by atoms with Crippen LogP contribution in [-0.2, 0) is 17.8 Å². The third-order valence-corrected chi connectivity index (χ3v) is 6.81. The van der Waals surface area contributed by atoms with Gasteiger partial charge in [0.15, 0.2) is 0 Å². The van der Waals surface area contributed by atoms with Gasteiger partial charge in [0, 0.05) is 28.4 Å². The molecule has 7 heteroatoms. The van der Waals surface area contributed by atoms with Crippen LogP contribution < -0.4 is 0 Å². The van der Waals surface area contributed by atoms with Gasteiger partial charge in [-0.3, -0.25) is 4.79 Å². The zero-order valence-corrected chi connectivity index (χ0v) is 16.7. The van der Waals surface area contributed by atoms with Crippen molar-refractivity contribution in [2.45, 2.75) is 43.8 Å². The van der Waals surface area contributed by atoms with Crippen molar-refractivity contribution in [3.05, 3.63) is 52.9 Å². The highest BCUT2D eigenvalue weighted by Crippen LogP contribution is 2.33. The Labute approximate surface area is 165 Å². The highest BCUT2D eigenvalue weighted by Gasteiger charge is 2.33. The monoisotopic (exact) mass is 401 g/mol. The van der Waals surface area contributed by atoms with Crippen LogP contribution in [0.25, 0.3) is 10.2 Å². The molecule has 0 atom stereocenters. The number of nitrogens with zero attached hydrogens (tertiary/aromatic N) is 3. The van der Waals surface area contributed by atoms with Crippen molar-refractivity contribution in [1.82, 2.24) is 14.9 Å². The molecule has 1 aromatic carbocycles. The SMILES string of the molecule is CCc1cc2c(SCC(=O)N(Cc3ccccc3F)C3CC3)ncnc2s1. The molecule has 140 valence electrons. The van der Waals surface area contributed by atoms with Crippen LogP contribution in [0.1, 0.15) is 30.2 Å². The molecular weight excluding hydrogens is 381 g/mol. The number of benzene rings is 1. The van der Waals surface area contributed by atoms with Gasteiger partial charge in [-0.25, -0.2) is 14.4 Å². The number of thiophene rings is 1. The zero-order valence-electron chi connectivity index (χ0n) is 15.0. The number of aryl methyl sites for hydroxylation is 1. The van der Waals surface area contributed by atoms with E-state index in [1.165, 1.54) is 22.7 Å². The van der Waals surface area contributed by atoms with E-state index in [1.807, 2.05) is 11.0 Å². The third kappa shape index (κ3) is 4.14. The predicted molar refractivity (Wildman–Crippen MR) is 107 cm³/mol. The summed E-state index contributed by atoms with van der Waals surface area (Å²) in [6.45, 7) is 2.44. The Morgan fingerprint density at radius 1 is 1.33 bits per heavy atom. The Kier molecular flexibility index (Phi) is 5.41. The summed E-state index contributed by atoms with van der Waals surface area (Å²) in [4.78, 5) is 25.6. The Hall–Kier alpha value is -1.99. The molecule has 0 bridgehead atoms. The van der Waals surface area contributed by atoms with Crippen molar-refractivity contribution >= 4 is 39.2 Å². The van der Waals surface area contributed by atoms with E-state index in [4.69, 9.17) is 0 Å². The van der Waals surface area contributed by atoms with Gasteiger partial charge in [0.05, 0.1) is 5.75 Å². The van der Waals surface area contributed by atoms with Crippen LogP contribution in [0.3, 0.4) is 0 Å². The van der Waals surface area contributed by atoms with E-state index in [0.29, 0.717) is 17.9 Å². The number of thioether (sulfide) groups is 1. The lowest BCUT2D eigenvalue weighted by Gasteiger charge is -2.22. The number of rotatable bonds is 7. The van der Waals surface area contributed by atoms with Gasteiger partial charge in [-0.1, -0.05) is 36.9 Å². The smallest absolute Gasteiger partial charge is 0.233 e.